The number of pyridine rings is 1. The van der Waals surface area contributed by atoms with Crippen molar-refractivity contribution in [1.29, 1.82) is 0 Å². The predicted molar refractivity (Wildman–Crippen MR) is 59.2 cm³/mol. The molecule has 1 rings (SSSR count). The van der Waals surface area contributed by atoms with Crippen LogP contribution in [0, 0.1) is 18.3 Å². The number of nitrogens with zero attached hydrogens (tertiary/aromatic N) is 1. The summed E-state index contributed by atoms with van der Waals surface area (Å²) in [7, 11) is 0. The Labute approximate surface area is 94.1 Å². The van der Waals surface area contributed by atoms with Crippen molar-refractivity contribution in [2.75, 3.05) is 0 Å². The van der Waals surface area contributed by atoms with Gasteiger partial charge in [0.1, 0.15) is 0 Å². The van der Waals surface area contributed by atoms with E-state index in [-0.39, 0.29) is 11.9 Å². The largest absolute Gasteiger partial charge is 0.338 e. The van der Waals surface area contributed by atoms with Crippen molar-refractivity contribution in [3.8, 4) is 12.3 Å². The van der Waals surface area contributed by atoms with Crippen molar-refractivity contribution in [3.63, 3.8) is 0 Å². The van der Waals surface area contributed by atoms with E-state index in [1.807, 2.05) is 6.92 Å². The third-order valence-electron chi connectivity index (χ3n) is 2.07. The minimum Gasteiger partial charge on any atom is -0.338 e. The maximum absolute atomic E-state index is 12.5. The van der Waals surface area contributed by atoms with E-state index in [9.17, 15) is 9.18 Å². The van der Waals surface area contributed by atoms with Crippen LogP contribution in [-0.2, 0) is 0 Å². The van der Waals surface area contributed by atoms with Gasteiger partial charge < -0.3 is 5.32 Å². The van der Waals surface area contributed by atoms with Crippen LogP contribution in [0.5, 0.6) is 0 Å². The Morgan fingerprint density at radius 2 is 2.44 bits per heavy atom. The van der Waals surface area contributed by atoms with Gasteiger partial charge in [-0.2, -0.15) is 4.39 Å². The lowest BCUT2D eigenvalue weighted by Crippen LogP contribution is -2.33. The van der Waals surface area contributed by atoms with Gasteiger partial charge in [0.2, 0.25) is 5.95 Å². The molecule has 84 valence electrons. The van der Waals surface area contributed by atoms with Gasteiger partial charge in [-0.05, 0) is 18.6 Å². The predicted octanol–water partition coefficient (Wildman–Crippen LogP) is 1.75. The summed E-state index contributed by atoms with van der Waals surface area (Å²) in [5.74, 6) is 1.55. The van der Waals surface area contributed by atoms with Crippen molar-refractivity contribution < 1.29 is 9.18 Å². The number of nitrogens with one attached hydrogen (secondary N) is 1. The van der Waals surface area contributed by atoms with Crippen LogP contribution in [-0.4, -0.2) is 16.9 Å². The first kappa shape index (κ1) is 12.2. The molecule has 1 heterocycles. The molecule has 4 heteroatoms. The molecule has 1 aromatic rings. The molecule has 0 aromatic carbocycles. The lowest BCUT2D eigenvalue weighted by Gasteiger charge is -2.11. The quantitative estimate of drug-likeness (QED) is 0.620. The molecule has 1 amide bonds. The van der Waals surface area contributed by atoms with Gasteiger partial charge in [-0.3, -0.25) is 4.79 Å². The third-order valence-corrected chi connectivity index (χ3v) is 2.07. The van der Waals surface area contributed by atoms with Gasteiger partial charge in [0, 0.05) is 6.20 Å². The summed E-state index contributed by atoms with van der Waals surface area (Å²) in [6, 6.07) is 2.22. The van der Waals surface area contributed by atoms with Crippen LogP contribution in [0.4, 0.5) is 4.39 Å². The van der Waals surface area contributed by atoms with E-state index in [0.717, 1.165) is 18.9 Å². The maximum atomic E-state index is 12.5. The Morgan fingerprint density at radius 1 is 1.69 bits per heavy atom. The summed E-state index contributed by atoms with van der Waals surface area (Å²) < 4.78 is 12.5. The minimum absolute atomic E-state index is 0.289. The van der Waals surface area contributed by atoms with Crippen molar-refractivity contribution in [2.24, 2.45) is 0 Å². The average molecular weight is 220 g/mol. The first-order valence-electron chi connectivity index (χ1n) is 5.06. The van der Waals surface area contributed by atoms with Crippen molar-refractivity contribution >= 4 is 5.91 Å². The van der Waals surface area contributed by atoms with Gasteiger partial charge in [0.05, 0.1) is 11.6 Å². The summed E-state index contributed by atoms with van der Waals surface area (Å²) in [4.78, 5) is 15.0. The molecule has 1 unspecified atom stereocenters. The van der Waals surface area contributed by atoms with E-state index in [2.05, 4.69) is 16.2 Å². The fraction of sp³-hybridized carbons (Fsp3) is 0.333. The number of carbonyl (C=O) groups is 1. The number of halogens is 1. The summed E-state index contributed by atoms with van der Waals surface area (Å²) in [6.45, 7) is 1.98. The molecule has 0 aliphatic heterocycles. The summed E-state index contributed by atoms with van der Waals surface area (Å²) in [6.07, 6.45) is 8.06. The first-order chi connectivity index (χ1) is 7.67. The number of hydrogen-bond acceptors (Lipinski definition) is 2. The van der Waals surface area contributed by atoms with Gasteiger partial charge in [-0.15, -0.1) is 6.42 Å². The van der Waals surface area contributed by atoms with Crippen molar-refractivity contribution in [1.82, 2.24) is 10.3 Å². The second kappa shape index (κ2) is 5.86. The molecule has 0 bridgehead atoms. The number of carbonyl (C=O) groups excluding carboxylic acids is 1. The van der Waals surface area contributed by atoms with Crippen LogP contribution >= 0.6 is 0 Å². The van der Waals surface area contributed by atoms with Gasteiger partial charge in [0.25, 0.3) is 5.91 Å². The topological polar surface area (TPSA) is 42.0 Å². The monoisotopic (exact) mass is 220 g/mol. The van der Waals surface area contributed by atoms with Gasteiger partial charge in [-0.1, -0.05) is 19.3 Å². The summed E-state index contributed by atoms with van der Waals surface area (Å²) >= 11 is 0. The number of terminal acetylenes is 1. The van der Waals surface area contributed by atoms with E-state index >= 15 is 0 Å². The summed E-state index contributed by atoms with van der Waals surface area (Å²) in [5, 5.41) is 2.67. The van der Waals surface area contributed by atoms with Crippen molar-refractivity contribution in [3.05, 3.63) is 29.8 Å². The second-order valence-electron chi connectivity index (χ2n) is 3.35. The smallest absolute Gasteiger partial charge is 0.253 e. The van der Waals surface area contributed by atoms with Crippen LogP contribution in [0.25, 0.3) is 0 Å². The van der Waals surface area contributed by atoms with Gasteiger partial charge in [-0.25, -0.2) is 4.98 Å². The normalized spacial score (nSPS) is 11.6. The molecule has 0 saturated carbocycles. The standard InChI is InChI=1S/C12H13FN2O/c1-3-5-10(4-2)15-12(16)9-6-7-11(13)14-8-9/h2,6-8,10H,3,5H2,1H3,(H,15,16). The second-order valence-corrected chi connectivity index (χ2v) is 3.35. The zero-order valence-corrected chi connectivity index (χ0v) is 9.03. The average Bonchev–Trinajstić information content (AvgIpc) is 2.29. The molecular formula is C12H13FN2O. The fourth-order valence-corrected chi connectivity index (χ4v) is 1.24. The Hall–Kier alpha value is -1.89. The molecular weight excluding hydrogens is 207 g/mol. The molecule has 0 fully saturated rings. The zero-order chi connectivity index (χ0) is 12.0. The third kappa shape index (κ3) is 3.35. The minimum atomic E-state index is -0.612. The number of aromatic nitrogens is 1. The van der Waals surface area contributed by atoms with Crippen LogP contribution in [0.1, 0.15) is 30.1 Å². The molecule has 3 nitrogen and oxygen atoms in total. The highest BCUT2D eigenvalue weighted by Gasteiger charge is 2.10. The zero-order valence-electron chi connectivity index (χ0n) is 9.03. The highest BCUT2D eigenvalue weighted by Crippen LogP contribution is 2.01. The Balaban J connectivity index is 2.65. The molecule has 0 saturated heterocycles. The Bertz CT molecular complexity index is 394. The number of amides is 1. The lowest BCUT2D eigenvalue weighted by atomic mass is 10.1. The van der Waals surface area contributed by atoms with Crippen LogP contribution in [0.15, 0.2) is 18.3 Å². The first-order valence-corrected chi connectivity index (χ1v) is 5.06. The molecule has 0 aliphatic rings. The molecule has 0 spiro atoms. The van der Waals surface area contributed by atoms with E-state index in [1.54, 1.807) is 0 Å². The van der Waals surface area contributed by atoms with E-state index in [1.165, 1.54) is 12.3 Å². The molecule has 1 atom stereocenters. The number of rotatable bonds is 4. The molecule has 16 heavy (non-hydrogen) atoms. The van der Waals surface area contributed by atoms with E-state index < -0.39 is 5.95 Å². The SMILES string of the molecule is C#CC(CCC)NC(=O)c1ccc(F)nc1. The molecule has 0 radical (unpaired) electrons. The summed E-state index contributed by atoms with van der Waals surface area (Å²) in [5.41, 5.74) is 0.303. The fourth-order valence-electron chi connectivity index (χ4n) is 1.24. The molecule has 1 N–H and O–H groups in total. The molecule has 1 aromatic heterocycles. The Morgan fingerprint density at radius 3 is 2.94 bits per heavy atom. The van der Waals surface area contributed by atoms with Gasteiger partial charge in [0.15, 0.2) is 0 Å². The number of hydrogen-bond donors (Lipinski definition) is 1. The van der Waals surface area contributed by atoms with Crippen molar-refractivity contribution in [2.45, 2.75) is 25.8 Å². The lowest BCUT2D eigenvalue weighted by molar-refractivity contribution is 0.0944. The van der Waals surface area contributed by atoms with Crippen LogP contribution in [0.3, 0.4) is 0 Å². The van der Waals surface area contributed by atoms with E-state index in [0.29, 0.717) is 5.56 Å². The van der Waals surface area contributed by atoms with Crippen LogP contribution in [0.2, 0.25) is 0 Å². The Kier molecular flexibility index (Phi) is 4.46. The maximum Gasteiger partial charge on any atom is 0.253 e. The van der Waals surface area contributed by atoms with E-state index in [4.69, 9.17) is 6.42 Å². The van der Waals surface area contributed by atoms with Crippen LogP contribution < -0.4 is 5.32 Å². The molecule has 0 aliphatic carbocycles. The van der Waals surface area contributed by atoms with Gasteiger partial charge >= 0.3 is 0 Å². The highest BCUT2D eigenvalue weighted by molar-refractivity contribution is 5.94. The highest BCUT2D eigenvalue weighted by atomic mass is 19.1.